The van der Waals surface area contributed by atoms with Crippen LogP contribution >= 0.6 is 0 Å². The maximum absolute atomic E-state index is 4.29. The number of piperidine rings is 1. The van der Waals surface area contributed by atoms with Crippen molar-refractivity contribution in [1.29, 1.82) is 0 Å². The van der Waals surface area contributed by atoms with Gasteiger partial charge in [0.1, 0.15) is 0 Å². The maximum atomic E-state index is 4.29. The molecule has 0 saturated carbocycles. The molecule has 100 valence electrons. The number of likely N-dealkylation sites (tertiary alicyclic amines) is 1. The summed E-state index contributed by atoms with van der Waals surface area (Å²) in [5, 5.41) is 7.85. The van der Waals surface area contributed by atoms with E-state index >= 15 is 0 Å². The predicted octanol–water partition coefficient (Wildman–Crippen LogP) is 1.35. The lowest BCUT2D eigenvalue weighted by Gasteiger charge is -2.34. The molecule has 0 aromatic carbocycles. The van der Waals surface area contributed by atoms with E-state index in [0.717, 1.165) is 25.0 Å². The van der Waals surface area contributed by atoms with E-state index < -0.39 is 0 Å². The van der Waals surface area contributed by atoms with E-state index in [9.17, 15) is 0 Å². The summed E-state index contributed by atoms with van der Waals surface area (Å²) in [4.78, 5) is 2.69. The molecular formula is C14H24N4. The smallest absolute Gasteiger partial charge is 0.0536 e. The Labute approximate surface area is 109 Å². The van der Waals surface area contributed by atoms with Crippen LogP contribution in [-0.2, 0) is 6.54 Å². The Morgan fingerprint density at radius 1 is 1.22 bits per heavy atom. The Kier molecular flexibility index (Phi) is 3.96. The lowest BCUT2D eigenvalue weighted by atomic mass is 9.90. The topological polar surface area (TPSA) is 33.1 Å². The van der Waals surface area contributed by atoms with Crippen molar-refractivity contribution in [2.45, 2.75) is 38.3 Å². The molecule has 2 aliphatic heterocycles. The van der Waals surface area contributed by atoms with Crippen molar-refractivity contribution < 1.29 is 0 Å². The summed E-state index contributed by atoms with van der Waals surface area (Å²) in [5.74, 6) is 0.874. The van der Waals surface area contributed by atoms with Crippen LogP contribution in [0, 0.1) is 5.92 Å². The normalized spacial score (nSPS) is 29.8. The molecular weight excluding hydrogens is 224 g/mol. The van der Waals surface area contributed by atoms with Crippen LogP contribution < -0.4 is 5.32 Å². The van der Waals surface area contributed by atoms with Crippen molar-refractivity contribution in [2.75, 3.05) is 26.2 Å². The second-order valence-corrected chi connectivity index (χ2v) is 5.62. The summed E-state index contributed by atoms with van der Waals surface area (Å²) in [5.41, 5.74) is 0. The minimum absolute atomic E-state index is 0.813. The Balaban J connectivity index is 1.53. The first-order valence-electron chi connectivity index (χ1n) is 7.36. The predicted molar refractivity (Wildman–Crippen MR) is 72.4 cm³/mol. The Morgan fingerprint density at radius 3 is 3.00 bits per heavy atom. The van der Waals surface area contributed by atoms with Crippen LogP contribution in [0.15, 0.2) is 18.5 Å². The van der Waals surface area contributed by atoms with Crippen molar-refractivity contribution >= 4 is 0 Å². The minimum Gasteiger partial charge on any atom is -0.316 e. The van der Waals surface area contributed by atoms with Gasteiger partial charge in [0.05, 0.1) is 6.54 Å². The zero-order valence-corrected chi connectivity index (χ0v) is 11.1. The molecule has 3 rings (SSSR count). The number of nitrogens with zero attached hydrogens (tertiary/aromatic N) is 3. The molecule has 0 radical (unpaired) electrons. The average Bonchev–Trinajstić information content (AvgIpc) is 3.09. The Morgan fingerprint density at radius 2 is 2.22 bits per heavy atom. The molecule has 2 saturated heterocycles. The van der Waals surface area contributed by atoms with Gasteiger partial charge in [-0.15, -0.1) is 0 Å². The SMILES string of the molecule is c1cnn(CCN2CCCC2C2CCCNC2)c1. The molecule has 18 heavy (non-hydrogen) atoms. The molecule has 0 amide bonds. The third kappa shape index (κ3) is 2.75. The molecule has 0 spiro atoms. The van der Waals surface area contributed by atoms with Gasteiger partial charge in [-0.25, -0.2) is 0 Å². The zero-order valence-electron chi connectivity index (χ0n) is 11.1. The van der Waals surface area contributed by atoms with Gasteiger partial charge in [-0.3, -0.25) is 9.58 Å². The second-order valence-electron chi connectivity index (χ2n) is 5.62. The molecule has 2 atom stereocenters. The third-order valence-electron chi connectivity index (χ3n) is 4.47. The average molecular weight is 248 g/mol. The van der Waals surface area contributed by atoms with Gasteiger partial charge in [0, 0.05) is 25.0 Å². The van der Waals surface area contributed by atoms with Gasteiger partial charge in [-0.1, -0.05) is 0 Å². The van der Waals surface area contributed by atoms with Crippen molar-refractivity contribution in [3.8, 4) is 0 Å². The van der Waals surface area contributed by atoms with Gasteiger partial charge in [0.25, 0.3) is 0 Å². The van der Waals surface area contributed by atoms with Crippen molar-refractivity contribution in [3.63, 3.8) is 0 Å². The van der Waals surface area contributed by atoms with Gasteiger partial charge in [-0.2, -0.15) is 5.10 Å². The van der Waals surface area contributed by atoms with Crippen LogP contribution in [0.2, 0.25) is 0 Å². The summed E-state index contributed by atoms with van der Waals surface area (Å²) < 4.78 is 2.05. The molecule has 4 nitrogen and oxygen atoms in total. The first kappa shape index (κ1) is 12.2. The molecule has 2 unspecified atom stereocenters. The van der Waals surface area contributed by atoms with Gasteiger partial charge in [0.2, 0.25) is 0 Å². The summed E-state index contributed by atoms with van der Waals surface area (Å²) in [6, 6.07) is 2.82. The van der Waals surface area contributed by atoms with E-state index in [2.05, 4.69) is 26.2 Å². The van der Waals surface area contributed by atoms with E-state index in [-0.39, 0.29) is 0 Å². The summed E-state index contributed by atoms with van der Waals surface area (Å²) in [6.07, 6.45) is 9.47. The summed E-state index contributed by atoms with van der Waals surface area (Å²) in [7, 11) is 0. The first-order chi connectivity index (χ1) is 8.93. The lowest BCUT2D eigenvalue weighted by molar-refractivity contribution is 0.159. The van der Waals surface area contributed by atoms with Crippen molar-refractivity contribution in [3.05, 3.63) is 18.5 Å². The van der Waals surface area contributed by atoms with E-state index in [0.29, 0.717) is 0 Å². The van der Waals surface area contributed by atoms with E-state index in [1.807, 2.05) is 12.3 Å². The molecule has 0 bridgehead atoms. The fourth-order valence-electron chi connectivity index (χ4n) is 3.53. The second kappa shape index (κ2) is 5.85. The minimum atomic E-state index is 0.813. The standard InChI is InChI=1S/C14H24N4/c1-4-13(12-15-6-1)14-5-2-8-17(14)10-11-18-9-3-7-16-18/h3,7,9,13-15H,1-2,4-6,8,10-12H2. The molecule has 1 aromatic rings. The van der Waals surface area contributed by atoms with Gasteiger partial charge < -0.3 is 5.32 Å². The number of nitrogens with one attached hydrogen (secondary N) is 1. The van der Waals surface area contributed by atoms with Crippen LogP contribution in [-0.4, -0.2) is 46.9 Å². The van der Waals surface area contributed by atoms with Gasteiger partial charge in [-0.05, 0) is 57.3 Å². The monoisotopic (exact) mass is 248 g/mol. The van der Waals surface area contributed by atoms with Crippen molar-refractivity contribution in [2.24, 2.45) is 5.92 Å². The van der Waals surface area contributed by atoms with Gasteiger partial charge in [0.15, 0.2) is 0 Å². The highest BCUT2D eigenvalue weighted by atomic mass is 15.3. The molecule has 2 fully saturated rings. The largest absolute Gasteiger partial charge is 0.316 e. The molecule has 1 N–H and O–H groups in total. The summed E-state index contributed by atoms with van der Waals surface area (Å²) in [6.45, 7) is 5.91. The van der Waals surface area contributed by atoms with Crippen LogP contribution in [0.4, 0.5) is 0 Å². The van der Waals surface area contributed by atoms with Crippen LogP contribution in [0.5, 0.6) is 0 Å². The Hall–Kier alpha value is -0.870. The summed E-state index contributed by atoms with van der Waals surface area (Å²) >= 11 is 0. The molecule has 4 heteroatoms. The third-order valence-corrected chi connectivity index (χ3v) is 4.47. The van der Waals surface area contributed by atoms with E-state index in [1.165, 1.54) is 45.3 Å². The quantitative estimate of drug-likeness (QED) is 0.873. The maximum Gasteiger partial charge on any atom is 0.0536 e. The fourth-order valence-corrected chi connectivity index (χ4v) is 3.53. The van der Waals surface area contributed by atoms with Crippen molar-refractivity contribution in [1.82, 2.24) is 20.0 Å². The number of hydrogen-bond donors (Lipinski definition) is 1. The van der Waals surface area contributed by atoms with E-state index in [4.69, 9.17) is 0 Å². The molecule has 2 aliphatic rings. The Bertz CT molecular complexity index is 343. The molecule has 3 heterocycles. The zero-order chi connectivity index (χ0) is 12.2. The van der Waals surface area contributed by atoms with Gasteiger partial charge >= 0.3 is 0 Å². The fraction of sp³-hybridized carbons (Fsp3) is 0.786. The molecule has 0 aliphatic carbocycles. The van der Waals surface area contributed by atoms with Crippen LogP contribution in [0.3, 0.4) is 0 Å². The highest BCUT2D eigenvalue weighted by molar-refractivity contribution is 4.88. The van der Waals surface area contributed by atoms with Crippen LogP contribution in [0.1, 0.15) is 25.7 Å². The van der Waals surface area contributed by atoms with E-state index in [1.54, 1.807) is 0 Å². The number of rotatable bonds is 4. The number of aromatic nitrogens is 2. The lowest BCUT2D eigenvalue weighted by Crippen LogP contribution is -2.44. The van der Waals surface area contributed by atoms with Crippen LogP contribution in [0.25, 0.3) is 0 Å². The first-order valence-corrected chi connectivity index (χ1v) is 7.36. The number of hydrogen-bond acceptors (Lipinski definition) is 3. The molecule has 1 aromatic heterocycles. The highest BCUT2D eigenvalue weighted by Crippen LogP contribution is 2.27. The highest BCUT2D eigenvalue weighted by Gasteiger charge is 2.31.